The fourth-order valence-corrected chi connectivity index (χ4v) is 2.07. The molecule has 0 unspecified atom stereocenters. The fraction of sp³-hybridized carbons (Fsp3) is 0.417. The van der Waals surface area contributed by atoms with E-state index < -0.39 is 0 Å². The fourth-order valence-electron chi connectivity index (χ4n) is 1.30. The third-order valence-electron chi connectivity index (χ3n) is 2.29. The Balaban J connectivity index is 2.23. The van der Waals surface area contributed by atoms with Crippen molar-refractivity contribution in [3.8, 4) is 0 Å². The number of methoxy groups -OCH3 is 1. The van der Waals surface area contributed by atoms with Crippen LogP contribution in [0.1, 0.15) is 33.8 Å². The van der Waals surface area contributed by atoms with E-state index >= 15 is 0 Å². The molecule has 19 heavy (non-hydrogen) atoms. The molecule has 0 aliphatic rings. The lowest BCUT2D eigenvalue weighted by atomic mass is 10.2. The van der Waals surface area contributed by atoms with Crippen molar-refractivity contribution in [3.63, 3.8) is 0 Å². The molecular formula is C12H16N2O4S. The Morgan fingerprint density at radius 2 is 1.95 bits per heavy atom. The summed E-state index contributed by atoms with van der Waals surface area (Å²) in [5, 5.41) is 0. The summed E-state index contributed by atoms with van der Waals surface area (Å²) in [5.41, 5.74) is 4.62. The number of carbonyl (C=O) groups is 3. The summed E-state index contributed by atoms with van der Waals surface area (Å²) >= 11 is 1.35. The van der Waals surface area contributed by atoms with Gasteiger partial charge in [0.05, 0.1) is 12.0 Å². The van der Waals surface area contributed by atoms with Gasteiger partial charge in [-0.15, -0.1) is 11.3 Å². The first kappa shape index (κ1) is 15.2. The van der Waals surface area contributed by atoms with Gasteiger partial charge in [-0.05, 0) is 25.5 Å². The number of rotatable bonds is 5. The highest BCUT2D eigenvalue weighted by Gasteiger charge is 2.09. The van der Waals surface area contributed by atoms with Crippen LogP contribution in [0.25, 0.3) is 0 Å². The molecule has 2 amide bonds. The van der Waals surface area contributed by atoms with Crippen LogP contribution in [0.3, 0.4) is 0 Å². The van der Waals surface area contributed by atoms with Crippen molar-refractivity contribution in [2.24, 2.45) is 0 Å². The standard InChI is InChI=1S/C12H16N2O4S/c1-8-6-7-9(19-8)12(17)14-13-10(15)4-3-5-11(16)18-2/h6-7H,3-5H2,1-2H3,(H,13,15)(H,14,17). The highest BCUT2D eigenvalue weighted by molar-refractivity contribution is 7.13. The van der Waals surface area contributed by atoms with Crippen molar-refractivity contribution in [1.29, 1.82) is 0 Å². The average Bonchev–Trinajstić information content (AvgIpc) is 2.82. The lowest BCUT2D eigenvalue weighted by molar-refractivity contribution is -0.140. The number of amides is 2. The third kappa shape index (κ3) is 5.52. The first-order chi connectivity index (χ1) is 9.02. The summed E-state index contributed by atoms with van der Waals surface area (Å²) in [7, 11) is 1.30. The van der Waals surface area contributed by atoms with E-state index in [9.17, 15) is 14.4 Å². The van der Waals surface area contributed by atoms with Gasteiger partial charge in [0.15, 0.2) is 0 Å². The van der Waals surface area contributed by atoms with Crippen molar-refractivity contribution in [1.82, 2.24) is 10.9 Å². The lowest BCUT2D eigenvalue weighted by Crippen LogP contribution is -2.41. The zero-order chi connectivity index (χ0) is 14.3. The molecule has 0 aromatic carbocycles. The van der Waals surface area contributed by atoms with Crippen molar-refractivity contribution in [3.05, 3.63) is 21.9 Å². The number of hydrogen-bond donors (Lipinski definition) is 2. The normalized spacial score (nSPS) is 9.79. The summed E-state index contributed by atoms with van der Waals surface area (Å²) in [6.45, 7) is 1.90. The molecule has 1 heterocycles. The van der Waals surface area contributed by atoms with Crippen LogP contribution < -0.4 is 10.9 Å². The zero-order valence-corrected chi connectivity index (χ0v) is 11.6. The van der Waals surface area contributed by atoms with Gasteiger partial charge in [-0.2, -0.15) is 0 Å². The molecule has 6 nitrogen and oxygen atoms in total. The molecule has 0 aliphatic carbocycles. The second kappa shape index (κ2) is 7.52. The maximum absolute atomic E-state index is 11.6. The number of ether oxygens (including phenoxy) is 1. The largest absolute Gasteiger partial charge is 0.469 e. The van der Waals surface area contributed by atoms with E-state index in [0.29, 0.717) is 11.3 Å². The molecule has 0 saturated heterocycles. The number of hydrogen-bond acceptors (Lipinski definition) is 5. The first-order valence-electron chi connectivity index (χ1n) is 5.75. The quantitative estimate of drug-likeness (QED) is 0.627. The summed E-state index contributed by atoms with van der Waals surface area (Å²) in [6.07, 6.45) is 0.716. The van der Waals surface area contributed by atoms with Crippen LogP contribution >= 0.6 is 11.3 Å². The molecule has 0 spiro atoms. The smallest absolute Gasteiger partial charge is 0.305 e. The number of hydrazine groups is 1. The minimum Gasteiger partial charge on any atom is -0.469 e. The summed E-state index contributed by atoms with van der Waals surface area (Å²) < 4.78 is 4.45. The van der Waals surface area contributed by atoms with Gasteiger partial charge >= 0.3 is 5.97 Å². The molecule has 0 radical (unpaired) electrons. The Bertz CT molecular complexity index is 470. The Hall–Kier alpha value is -1.89. The van der Waals surface area contributed by atoms with Gasteiger partial charge in [0.1, 0.15) is 0 Å². The molecule has 1 aromatic heterocycles. The SMILES string of the molecule is COC(=O)CCCC(=O)NNC(=O)c1ccc(C)s1. The summed E-state index contributed by atoms with van der Waals surface area (Å²) in [4.78, 5) is 35.4. The van der Waals surface area contributed by atoms with Crippen LogP contribution in [0.2, 0.25) is 0 Å². The van der Waals surface area contributed by atoms with Gasteiger partial charge in [0, 0.05) is 17.7 Å². The predicted octanol–water partition coefficient (Wildman–Crippen LogP) is 1.16. The molecule has 7 heteroatoms. The van der Waals surface area contributed by atoms with Gasteiger partial charge in [0.25, 0.3) is 5.91 Å². The first-order valence-corrected chi connectivity index (χ1v) is 6.57. The number of nitrogens with one attached hydrogen (secondary N) is 2. The second-order valence-corrected chi connectivity index (χ2v) is 5.13. The molecule has 2 N–H and O–H groups in total. The average molecular weight is 284 g/mol. The summed E-state index contributed by atoms with van der Waals surface area (Å²) in [5.74, 6) is -1.05. The van der Waals surface area contributed by atoms with Gasteiger partial charge < -0.3 is 4.74 Å². The monoisotopic (exact) mass is 284 g/mol. The van der Waals surface area contributed by atoms with Crippen LogP contribution in [-0.2, 0) is 14.3 Å². The lowest BCUT2D eigenvalue weighted by Gasteiger charge is -2.05. The molecule has 0 aliphatic heterocycles. The number of aryl methyl sites for hydroxylation is 1. The van der Waals surface area contributed by atoms with Gasteiger partial charge in [0.2, 0.25) is 5.91 Å². The molecule has 0 fully saturated rings. The second-order valence-electron chi connectivity index (χ2n) is 3.84. The van der Waals surface area contributed by atoms with Crippen molar-refractivity contribution >= 4 is 29.1 Å². The van der Waals surface area contributed by atoms with Gasteiger partial charge in [-0.1, -0.05) is 0 Å². The van der Waals surface area contributed by atoms with E-state index in [-0.39, 0.29) is 30.6 Å². The maximum atomic E-state index is 11.6. The molecule has 1 aromatic rings. The van der Waals surface area contributed by atoms with Crippen LogP contribution in [0.4, 0.5) is 0 Å². The van der Waals surface area contributed by atoms with E-state index in [1.165, 1.54) is 18.4 Å². The Labute approximate surface area is 115 Å². The summed E-state index contributed by atoms with van der Waals surface area (Å²) in [6, 6.07) is 3.52. The van der Waals surface area contributed by atoms with E-state index in [1.54, 1.807) is 6.07 Å². The van der Waals surface area contributed by atoms with Crippen molar-refractivity contribution < 1.29 is 19.1 Å². The third-order valence-corrected chi connectivity index (χ3v) is 3.29. The maximum Gasteiger partial charge on any atom is 0.305 e. The highest BCUT2D eigenvalue weighted by atomic mass is 32.1. The van der Waals surface area contributed by atoms with Crippen LogP contribution in [0.5, 0.6) is 0 Å². The Morgan fingerprint density at radius 1 is 1.21 bits per heavy atom. The molecule has 104 valence electrons. The molecule has 0 bridgehead atoms. The van der Waals surface area contributed by atoms with E-state index in [1.807, 2.05) is 13.0 Å². The van der Waals surface area contributed by atoms with Crippen LogP contribution in [0.15, 0.2) is 12.1 Å². The molecule has 1 rings (SSSR count). The minimum absolute atomic E-state index is 0.152. The molecule has 0 atom stereocenters. The predicted molar refractivity (Wildman–Crippen MR) is 70.5 cm³/mol. The van der Waals surface area contributed by atoms with Crippen molar-refractivity contribution in [2.45, 2.75) is 26.2 Å². The van der Waals surface area contributed by atoms with Gasteiger partial charge in [-0.3, -0.25) is 25.2 Å². The van der Waals surface area contributed by atoms with Crippen LogP contribution in [0, 0.1) is 6.92 Å². The topological polar surface area (TPSA) is 84.5 Å². The van der Waals surface area contributed by atoms with Gasteiger partial charge in [-0.25, -0.2) is 0 Å². The van der Waals surface area contributed by atoms with E-state index in [4.69, 9.17) is 0 Å². The Kier molecular flexibility index (Phi) is 6.01. The number of esters is 1. The number of thiophene rings is 1. The van der Waals surface area contributed by atoms with Crippen molar-refractivity contribution in [2.75, 3.05) is 7.11 Å². The van der Waals surface area contributed by atoms with E-state index in [2.05, 4.69) is 15.6 Å². The number of carbonyl (C=O) groups excluding carboxylic acids is 3. The molecule has 0 saturated carbocycles. The molecular weight excluding hydrogens is 268 g/mol. The highest BCUT2D eigenvalue weighted by Crippen LogP contribution is 2.14. The minimum atomic E-state index is -0.356. The zero-order valence-electron chi connectivity index (χ0n) is 10.8. The Morgan fingerprint density at radius 3 is 2.53 bits per heavy atom. The van der Waals surface area contributed by atoms with E-state index in [0.717, 1.165) is 4.88 Å². The van der Waals surface area contributed by atoms with Crippen LogP contribution in [-0.4, -0.2) is 24.9 Å².